The number of hydrogen-bond acceptors (Lipinski definition) is 0. The fourth-order valence-electron chi connectivity index (χ4n) is 4.78. The Morgan fingerprint density at radius 3 is 1.81 bits per heavy atom. The summed E-state index contributed by atoms with van der Waals surface area (Å²) in [5.41, 5.74) is 10.2. The Hall–Kier alpha value is -3.86. The second-order valence-electron chi connectivity index (χ2n) is 7.76. The van der Waals surface area contributed by atoms with Gasteiger partial charge in [0.1, 0.15) is 0 Å². The van der Waals surface area contributed by atoms with Crippen molar-refractivity contribution in [1.29, 1.82) is 0 Å². The van der Waals surface area contributed by atoms with Crippen LogP contribution in [0.3, 0.4) is 0 Å². The number of halogens is 1. The van der Waals surface area contributed by atoms with Crippen LogP contribution in [0, 0.1) is 6.57 Å². The fraction of sp³-hybridized carbons (Fsp3) is 0. The third kappa shape index (κ3) is 2.63. The lowest BCUT2D eigenvalue weighted by atomic mass is 9.89. The zero-order valence-corrected chi connectivity index (χ0v) is 17.3. The lowest BCUT2D eigenvalue weighted by Gasteiger charge is -2.14. The van der Waals surface area contributed by atoms with Crippen molar-refractivity contribution < 1.29 is 0 Å². The summed E-state index contributed by atoms with van der Waals surface area (Å²) in [5.74, 6) is 0. The van der Waals surface area contributed by atoms with Crippen LogP contribution in [-0.2, 0) is 0 Å². The van der Waals surface area contributed by atoms with E-state index in [0.29, 0.717) is 10.7 Å². The van der Waals surface area contributed by atoms with Gasteiger partial charge in [-0.3, -0.25) is 0 Å². The first-order valence-electron chi connectivity index (χ1n) is 10.2. The number of nitrogens with zero attached hydrogens (tertiary/aromatic N) is 1. The van der Waals surface area contributed by atoms with Crippen molar-refractivity contribution in [3.8, 4) is 44.5 Å². The Balaban J connectivity index is 1.62. The van der Waals surface area contributed by atoms with Crippen LogP contribution < -0.4 is 0 Å². The molecule has 0 heterocycles. The normalized spacial score (nSPS) is 11.4. The van der Waals surface area contributed by atoms with Crippen LogP contribution in [0.15, 0.2) is 97.1 Å². The number of benzene rings is 5. The van der Waals surface area contributed by atoms with Crippen LogP contribution >= 0.6 is 11.6 Å². The van der Waals surface area contributed by atoms with Crippen LogP contribution in [0.5, 0.6) is 0 Å². The minimum Gasteiger partial charge on any atom is -0.237 e. The SMILES string of the molecule is [C-]#[N+]c1ccc(-c2ccccc2-c2ccc3c4c(cccc24)-c2ccccc2-3)cc1Cl. The van der Waals surface area contributed by atoms with Crippen molar-refractivity contribution in [2.24, 2.45) is 0 Å². The van der Waals surface area contributed by atoms with E-state index in [2.05, 4.69) is 77.6 Å². The standard InChI is InChI=1S/C29H16ClN/c1-31-28-16-13-18(17-27(28)30)19-7-2-3-8-20(19)23-14-15-26-22-10-5-4-9-21(22)24-11-6-12-25(23)29(24)26/h2-17H. The first-order chi connectivity index (χ1) is 15.3. The van der Waals surface area contributed by atoms with Crippen molar-refractivity contribution in [3.63, 3.8) is 0 Å². The molecule has 0 saturated carbocycles. The maximum Gasteiger partial charge on any atom is 0.205 e. The highest BCUT2D eigenvalue weighted by molar-refractivity contribution is 6.33. The van der Waals surface area contributed by atoms with E-state index in [9.17, 15) is 0 Å². The van der Waals surface area contributed by atoms with Crippen molar-refractivity contribution in [2.75, 3.05) is 0 Å². The summed E-state index contributed by atoms with van der Waals surface area (Å²) in [6.07, 6.45) is 0. The lowest BCUT2D eigenvalue weighted by Crippen LogP contribution is -1.88. The molecule has 0 atom stereocenters. The monoisotopic (exact) mass is 413 g/mol. The number of hydrogen-bond donors (Lipinski definition) is 0. The summed E-state index contributed by atoms with van der Waals surface area (Å²) in [6, 6.07) is 33.8. The van der Waals surface area contributed by atoms with E-state index < -0.39 is 0 Å². The molecule has 144 valence electrons. The summed E-state index contributed by atoms with van der Waals surface area (Å²) < 4.78 is 0. The highest BCUT2D eigenvalue weighted by Gasteiger charge is 2.22. The highest BCUT2D eigenvalue weighted by atomic mass is 35.5. The molecule has 5 aromatic rings. The maximum absolute atomic E-state index is 7.27. The van der Waals surface area contributed by atoms with E-state index in [1.807, 2.05) is 18.2 Å². The van der Waals surface area contributed by atoms with Crippen molar-refractivity contribution in [1.82, 2.24) is 0 Å². The van der Waals surface area contributed by atoms with Crippen LogP contribution in [0.2, 0.25) is 5.02 Å². The van der Waals surface area contributed by atoms with Crippen molar-refractivity contribution in [2.45, 2.75) is 0 Å². The first kappa shape index (κ1) is 18.0. The molecule has 1 nitrogen and oxygen atoms in total. The molecule has 0 unspecified atom stereocenters. The molecule has 0 amide bonds. The molecular weight excluding hydrogens is 398 g/mol. The van der Waals surface area contributed by atoms with Crippen LogP contribution in [0.1, 0.15) is 0 Å². The zero-order chi connectivity index (χ0) is 20.9. The molecule has 1 aliphatic rings. The molecule has 0 aliphatic heterocycles. The third-order valence-corrected chi connectivity index (χ3v) is 6.45. The van der Waals surface area contributed by atoms with E-state index >= 15 is 0 Å². The average molecular weight is 414 g/mol. The van der Waals surface area contributed by atoms with Crippen molar-refractivity contribution in [3.05, 3.63) is 114 Å². The van der Waals surface area contributed by atoms with Gasteiger partial charge in [0.25, 0.3) is 0 Å². The molecule has 0 aromatic heterocycles. The van der Waals surface area contributed by atoms with E-state index in [0.717, 1.165) is 16.7 Å². The second kappa shape index (κ2) is 6.84. The summed E-state index contributed by atoms with van der Waals surface area (Å²) in [6.45, 7) is 7.27. The molecule has 2 heteroatoms. The van der Waals surface area contributed by atoms with Gasteiger partial charge in [0.15, 0.2) is 0 Å². The predicted molar refractivity (Wildman–Crippen MR) is 131 cm³/mol. The summed E-state index contributed by atoms with van der Waals surface area (Å²) in [4.78, 5) is 3.49. The van der Waals surface area contributed by atoms with Crippen molar-refractivity contribution >= 4 is 28.1 Å². The van der Waals surface area contributed by atoms with Crippen LogP contribution in [0.4, 0.5) is 5.69 Å². The average Bonchev–Trinajstić information content (AvgIpc) is 3.15. The fourth-order valence-corrected chi connectivity index (χ4v) is 5.00. The molecule has 6 rings (SSSR count). The summed E-state index contributed by atoms with van der Waals surface area (Å²) in [7, 11) is 0. The van der Waals surface area contributed by atoms with Gasteiger partial charge in [0.05, 0.1) is 6.57 Å². The number of rotatable bonds is 2. The highest BCUT2D eigenvalue weighted by Crippen LogP contribution is 2.50. The Morgan fingerprint density at radius 2 is 1.13 bits per heavy atom. The summed E-state index contributed by atoms with van der Waals surface area (Å²) >= 11 is 6.36. The van der Waals surface area contributed by atoms with Crippen LogP contribution in [-0.4, -0.2) is 0 Å². The van der Waals surface area contributed by atoms with E-state index in [4.69, 9.17) is 18.2 Å². The van der Waals surface area contributed by atoms with E-state index in [1.54, 1.807) is 6.07 Å². The second-order valence-corrected chi connectivity index (χ2v) is 8.17. The van der Waals surface area contributed by atoms with Gasteiger partial charge in [-0.05, 0) is 61.3 Å². The molecule has 0 bridgehead atoms. The predicted octanol–water partition coefficient (Wildman–Crippen LogP) is 9.03. The van der Waals surface area contributed by atoms with Gasteiger partial charge in [-0.15, -0.1) is 0 Å². The van der Waals surface area contributed by atoms with E-state index in [-0.39, 0.29) is 0 Å². The van der Waals surface area contributed by atoms with Gasteiger partial charge in [0, 0.05) is 5.02 Å². The van der Waals surface area contributed by atoms with Gasteiger partial charge in [-0.1, -0.05) is 103 Å². The van der Waals surface area contributed by atoms with Gasteiger partial charge in [-0.2, -0.15) is 0 Å². The quantitative estimate of drug-likeness (QED) is 0.249. The minimum atomic E-state index is 0.478. The van der Waals surface area contributed by atoms with Crippen LogP contribution in [0.25, 0.3) is 60.1 Å². The molecule has 31 heavy (non-hydrogen) atoms. The summed E-state index contributed by atoms with van der Waals surface area (Å²) in [5, 5.41) is 3.05. The Kier molecular flexibility index (Phi) is 3.96. The molecule has 0 fully saturated rings. The Morgan fingerprint density at radius 1 is 0.548 bits per heavy atom. The van der Waals surface area contributed by atoms with Gasteiger partial charge < -0.3 is 0 Å². The Labute approximate surface area is 186 Å². The molecule has 1 aliphatic carbocycles. The topological polar surface area (TPSA) is 4.36 Å². The molecule has 0 radical (unpaired) electrons. The molecular formula is C29H16ClN. The van der Waals surface area contributed by atoms with Gasteiger partial charge in [-0.25, -0.2) is 4.85 Å². The smallest absolute Gasteiger partial charge is 0.205 e. The third-order valence-electron chi connectivity index (χ3n) is 6.14. The lowest BCUT2D eigenvalue weighted by molar-refractivity contribution is 1.60. The molecule has 0 N–H and O–H groups in total. The Bertz CT molecular complexity index is 1530. The largest absolute Gasteiger partial charge is 0.237 e. The first-order valence-corrected chi connectivity index (χ1v) is 10.6. The molecule has 5 aromatic carbocycles. The molecule has 0 spiro atoms. The minimum absolute atomic E-state index is 0.478. The molecule has 0 saturated heterocycles. The van der Waals surface area contributed by atoms with Gasteiger partial charge in [0.2, 0.25) is 5.69 Å². The van der Waals surface area contributed by atoms with Gasteiger partial charge >= 0.3 is 0 Å². The number of fused-ring (bicyclic) bond motifs is 3. The maximum atomic E-state index is 7.27. The van der Waals surface area contributed by atoms with E-state index in [1.165, 1.54) is 38.6 Å². The zero-order valence-electron chi connectivity index (χ0n) is 16.6.